The van der Waals surface area contributed by atoms with Crippen LogP contribution in [0.1, 0.15) is 46.5 Å². The number of allylic oxidation sites excluding steroid dienone is 1. The number of rotatable bonds is 6. The molecule has 5 nitrogen and oxygen atoms in total. The maximum atomic E-state index is 11.4. The molecule has 1 aliphatic rings. The molecule has 1 rings (SSSR count). The zero-order valence-electron chi connectivity index (χ0n) is 12.2. The smallest absolute Gasteiger partial charge is 0.188 e. The van der Waals surface area contributed by atoms with Gasteiger partial charge in [-0.2, -0.15) is 0 Å². The van der Waals surface area contributed by atoms with Crippen LogP contribution in [-0.4, -0.2) is 40.0 Å². The van der Waals surface area contributed by atoms with Crippen LogP contribution in [0.15, 0.2) is 16.4 Å². The summed E-state index contributed by atoms with van der Waals surface area (Å²) in [6.45, 7) is 5.51. The summed E-state index contributed by atoms with van der Waals surface area (Å²) in [5.41, 5.74) is -0.0251. The number of Topliss-reactive ketones (excluding diaryl/α,β-unsaturated/α-hetero) is 1. The third kappa shape index (κ3) is 3.56. The molecule has 2 atom stereocenters. The number of carbonyl (C=O) groups is 1. The van der Waals surface area contributed by atoms with E-state index in [1.54, 1.807) is 7.05 Å². The van der Waals surface area contributed by atoms with Crippen molar-refractivity contribution in [1.29, 1.82) is 0 Å². The van der Waals surface area contributed by atoms with Crippen LogP contribution < -0.4 is 0 Å². The molecule has 0 amide bonds. The third-order valence-electron chi connectivity index (χ3n) is 3.46. The SMILES string of the molecule is CCCCCC(C)C1=NC(C(C)=O)=C(O)C(O)N1C. The molecule has 0 saturated carbocycles. The summed E-state index contributed by atoms with van der Waals surface area (Å²) in [5, 5.41) is 19.7. The van der Waals surface area contributed by atoms with Crippen molar-refractivity contribution in [2.75, 3.05) is 7.05 Å². The first-order chi connectivity index (χ1) is 8.90. The third-order valence-corrected chi connectivity index (χ3v) is 3.46. The fourth-order valence-electron chi connectivity index (χ4n) is 2.23. The summed E-state index contributed by atoms with van der Waals surface area (Å²) in [5.74, 6) is 0.114. The molecule has 0 aromatic heterocycles. The predicted molar refractivity (Wildman–Crippen MR) is 74.8 cm³/mol. The molecule has 0 aromatic carbocycles. The molecule has 19 heavy (non-hydrogen) atoms. The van der Waals surface area contributed by atoms with Gasteiger partial charge in [0.15, 0.2) is 17.8 Å². The minimum Gasteiger partial charge on any atom is -0.506 e. The van der Waals surface area contributed by atoms with Crippen molar-refractivity contribution in [3.8, 4) is 0 Å². The lowest BCUT2D eigenvalue weighted by molar-refractivity contribution is -0.114. The van der Waals surface area contributed by atoms with Crippen LogP contribution in [0.2, 0.25) is 0 Å². The Kier molecular flexibility index (Phi) is 5.54. The lowest BCUT2D eigenvalue weighted by Crippen LogP contribution is -2.44. The molecule has 1 aliphatic heterocycles. The van der Waals surface area contributed by atoms with Crippen LogP contribution in [0, 0.1) is 5.92 Å². The number of nitrogens with zero attached hydrogens (tertiary/aromatic N) is 2. The van der Waals surface area contributed by atoms with Crippen molar-refractivity contribution in [2.24, 2.45) is 10.9 Å². The van der Waals surface area contributed by atoms with Crippen molar-refractivity contribution in [3.63, 3.8) is 0 Å². The molecule has 0 fully saturated rings. The van der Waals surface area contributed by atoms with Gasteiger partial charge in [-0.15, -0.1) is 0 Å². The second-order valence-electron chi connectivity index (χ2n) is 5.14. The molecule has 0 aromatic rings. The molecule has 2 N–H and O–H groups in total. The molecule has 108 valence electrons. The first kappa shape index (κ1) is 15.7. The number of unbranched alkanes of at least 4 members (excludes halogenated alkanes) is 2. The van der Waals surface area contributed by atoms with Crippen LogP contribution in [-0.2, 0) is 4.79 Å². The Hall–Kier alpha value is -1.36. The summed E-state index contributed by atoms with van der Waals surface area (Å²) >= 11 is 0. The highest BCUT2D eigenvalue weighted by molar-refractivity contribution is 5.99. The van der Waals surface area contributed by atoms with Crippen molar-refractivity contribution >= 4 is 11.6 Å². The maximum absolute atomic E-state index is 11.4. The first-order valence-electron chi connectivity index (χ1n) is 6.83. The zero-order valence-corrected chi connectivity index (χ0v) is 12.2. The van der Waals surface area contributed by atoms with Crippen LogP contribution in [0.4, 0.5) is 0 Å². The second kappa shape index (κ2) is 6.70. The Bertz CT molecular complexity index is 401. The molecule has 1 heterocycles. The normalized spacial score (nSPS) is 21.4. The highest BCUT2D eigenvalue weighted by Crippen LogP contribution is 2.24. The maximum Gasteiger partial charge on any atom is 0.188 e. The average molecular weight is 268 g/mol. The summed E-state index contributed by atoms with van der Waals surface area (Å²) in [7, 11) is 1.67. The number of aliphatic imine (C=N–C) groups is 1. The van der Waals surface area contributed by atoms with E-state index < -0.39 is 6.23 Å². The number of hydrogen-bond donors (Lipinski definition) is 2. The highest BCUT2D eigenvalue weighted by Gasteiger charge is 2.31. The van der Waals surface area contributed by atoms with Crippen molar-refractivity contribution in [1.82, 2.24) is 4.90 Å². The number of amidine groups is 1. The summed E-state index contributed by atoms with van der Waals surface area (Å²) in [4.78, 5) is 17.2. The topological polar surface area (TPSA) is 73.1 Å². The fourth-order valence-corrected chi connectivity index (χ4v) is 2.23. The van der Waals surface area contributed by atoms with E-state index in [4.69, 9.17) is 0 Å². The Labute approximate surface area is 114 Å². The summed E-state index contributed by atoms with van der Waals surface area (Å²) < 4.78 is 0. The van der Waals surface area contributed by atoms with Gasteiger partial charge in [0.1, 0.15) is 11.5 Å². The largest absolute Gasteiger partial charge is 0.506 e. The van der Waals surface area contributed by atoms with Crippen LogP contribution in [0.25, 0.3) is 0 Å². The Balaban J connectivity index is 2.92. The van der Waals surface area contributed by atoms with E-state index in [9.17, 15) is 15.0 Å². The van der Waals surface area contributed by atoms with Crippen molar-refractivity contribution < 1.29 is 15.0 Å². The van der Waals surface area contributed by atoms with E-state index in [-0.39, 0.29) is 23.2 Å². The van der Waals surface area contributed by atoms with Crippen LogP contribution in [0.3, 0.4) is 0 Å². The number of likely N-dealkylation sites (N-methyl/N-ethyl adjacent to an activating group) is 1. The molecule has 0 radical (unpaired) electrons. The van der Waals surface area contributed by atoms with Gasteiger partial charge in [0.25, 0.3) is 0 Å². The Morgan fingerprint density at radius 1 is 1.47 bits per heavy atom. The molecule has 0 spiro atoms. The van der Waals surface area contributed by atoms with Gasteiger partial charge < -0.3 is 15.1 Å². The molecular formula is C14H24N2O3. The zero-order chi connectivity index (χ0) is 14.6. The molecule has 0 aliphatic carbocycles. The van der Waals surface area contributed by atoms with Crippen LogP contribution >= 0.6 is 0 Å². The van der Waals surface area contributed by atoms with Gasteiger partial charge in [-0.25, -0.2) is 4.99 Å². The Morgan fingerprint density at radius 3 is 2.63 bits per heavy atom. The van der Waals surface area contributed by atoms with Crippen molar-refractivity contribution in [3.05, 3.63) is 11.5 Å². The number of hydrogen-bond acceptors (Lipinski definition) is 5. The van der Waals surface area contributed by atoms with E-state index in [0.717, 1.165) is 25.7 Å². The average Bonchev–Trinajstić information content (AvgIpc) is 2.36. The molecule has 2 unspecified atom stereocenters. The highest BCUT2D eigenvalue weighted by atomic mass is 16.3. The molecule has 5 heteroatoms. The minimum atomic E-state index is -1.18. The standard InChI is InChI=1S/C14H24N2O3/c1-5-6-7-8-9(2)13-15-11(10(3)17)12(18)14(19)16(13)4/h9,14,18-19H,5-8H2,1-4H3. The van der Waals surface area contributed by atoms with Crippen LogP contribution in [0.5, 0.6) is 0 Å². The quantitative estimate of drug-likeness (QED) is 0.724. The van der Waals surface area contributed by atoms with E-state index in [2.05, 4.69) is 11.9 Å². The first-order valence-corrected chi connectivity index (χ1v) is 6.83. The number of aliphatic hydroxyl groups excluding tert-OH is 2. The fraction of sp³-hybridized carbons (Fsp3) is 0.714. The molecule has 0 bridgehead atoms. The lowest BCUT2D eigenvalue weighted by atomic mass is 10.00. The number of carbonyl (C=O) groups excluding carboxylic acids is 1. The number of ketones is 1. The van der Waals surface area contributed by atoms with Gasteiger partial charge in [0.2, 0.25) is 0 Å². The summed E-state index contributed by atoms with van der Waals surface area (Å²) in [6, 6.07) is 0. The van der Waals surface area contributed by atoms with E-state index in [0.29, 0.717) is 5.84 Å². The van der Waals surface area contributed by atoms with E-state index in [1.807, 2.05) is 6.92 Å². The monoisotopic (exact) mass is 268 g/mol. The van der Waals surface area contributed by atoms with Gasteiger partial charge in [-0.1, -0.05) is 33.1 Å². The Morgan fingerprint density at radius 2 is 2.11 bits per heavy atom. The van der Waals surface area contributed by atoms with Crippen molar-refractivity contribution in [2.45, 2.75) is 52.7 Å². The molecule has 0 saturated heterocycles. The van der Waals surface area contributed by atoms with Gasteiger partial charge in [-0.3, -0.25) is 4.79 Å². The van der Waals surface area contributed by atoms with E-state index >= 15 is 0 Å². The number of aliphatic hydroxyl groups is 2. The predicted octanol–water partition coefficient (Wildman–Crippen LogP) is 2.22. The second-order valence-corrected chi connectivity index (χ2v) is 5.14. The van der Waals surface area contributed by atoms with Gasteiger partial charge in [-0.05, 0) is 6.42 Å². The minimum absolute atomic E-state index is 0.0251. The van der Waals surface area contributed by atoms with Gasteiger partial charge in [0, 0.05) is 19.9 Å². The summed E-state index contributed by atoms with van der Waals surface area (Å²) in [6.07, 6.45) is 3.17. The van der Waals surface area contributed by atoms with Gasteiger partial charge >= 0.3 is 0 Å². The molecular weight excluding hydrogens is 244 g/mol. The van der Waals surface area contributed by atoms with E-state index in [1.165, 1.54) is 11.8 Å². The lowest BCUT2D eigenvalue weighted by Gasteiger charge is -2.33. The van der Waals surface area contributed by atoms with Gasteiger partial charge in [0.05, 0.1) is 0 Å².